The molecular formula is C17H26O3. The number of rotatable bonds is 11. The highest BCUT2D eigenvalue weighted by molar-refractivity contribution is 5.76. The van der Waals surface area contributed by atoms with Crippen molar-refractivity contribution in [2.75, 3.05) is 13.2 Å². The number of carbonyl (C=O) groups excluding carboxylic acids is 1. The third-order valence-corrected chi connectivity index (χ3v) is 3.16. The summed E-state index contributed by atoms with van der Waals surface area (Å²) in [5.74, 6) is 1.38. The number of benzene rings is 1. The largest absolute Gasteiger partial charge is 0.490 e. The molecule has 3 nitrogen and oxygen atoms in total. The minimum Gasteiger partial charge on any atom is -0.490 e. The molecule has 0 radical (unpaired) electrons. The second-order valence-electron chi connectivity index (χ2n) is 4.87. The second kappa shape index (κ2) is 10.3. The molecule has 0 aliphatic carbocycles. The van der Waals surface area contributed by atoms with Gasteiger partial charge in [-0.15, -0.1) is 0 Å². The Labute approximate surface area is 122 Å². The van der Waals surface area contributed by atoms with Crippen molar-refractivity contribution in [1.29, 1.82) is 0 Å². The van der Waals surface area contributed by atoms with Crippen molar-refractivity contribution >= 4 is 6.29 Å². The van der Waals surface area contributed by atoms with Gasteiger partial charge in [-0.25, -0.2) is 0 Å². The summed E-state index contributed by atoms with van der Waals surface area (Å²) < 4.78 is 11.3. The summed E-state index contributed by atoms with van der Waals surface area (Å²) in [4.78, 5) is 10.8. The van der Waals surface area contributed by atoms with Crippen LogP contribution in [0.2, 0.25) is 0 Å². The fourth-order valence-corrected chi connectivity index (χ4v) is 2.05. The Bertz CT molecular complexity index is 388. The van der Waals surface area contributed by atoms with E-state index in [4.69, 9.17) is 9.47 Å². The maximum Gasteiger partial charge on any atom is 0.161 e. The lowest BCUT2D eigenvalue weighted by molar-refractivity contribution is 0.112. The predicted octanol–water partition coefficient (Wildman–Crippen LogP) is 4.64. The zero-order chi connectivity index (χ0) is 14.6. The zero-order valence-corrected chi connectivity index (χ0v) is 12.7. The average Bonchev–Trinajstić information content (AvgIpc) is 2.47. The number of hydrogen-bond acceptors (Lipinski definition) is 3. The van der Waals surface area contributed by atoms with Gasteiger partial charge in [0.15, 0.2) is 11.5 Å². The number of carbonyl (C=O) groups is 1. The van der Waals surface area contributed by atoms with Gasteiger partial charge in [0.05, 0.1) is 13.2 Å². The summed E-state index contributed by atoms with van der Waals surface area (Å²) in [6, 6.07) is 5.30. The van der Waals surface area contributed by atoms with Crippen molar-refractivity contribution in [1.82, 2.24) is 0 Å². The standard InChI is InChI=1S/C17H26O3/c1-3-5-6-7-8-9-12-20-16-11-10-15(14-18)13-17(16)19-4-2/h10-11,13-14H,3-9,12H2,1-2H3. The summed E-state index contributed by atoms with van der Waals surface area (Å²) in [6.45, 7) is 5.41. The van der Waals surface area contributed by atoms with Crippen molar-refractivity contribution in [3.05, 3.63) is 23.8 Å². The second-order valence-corrected chi connectivity index (χ2v) is 4.87. The van der Waals surface area contributed by atoms with Crippen molar-refractivity contribution in [3.8, 4) is 11.5 Å². The molecule has 1 aromatic rings. The highest BCUT2D eigenvalue weighted by Crippen LogP contribution is 2.28. The van der Waals surface area contributed by atoms with Crippen molar-refractivity contribution in [2.45, 2.75) is 52.4 Å². The molecule has 0 heterocycles. The maximum absolute atomic E-state index is 10.8. The first-order valence-corrected chi connectivity index (χ1v) is 7.66. The van der Waals surface area contributed by atoms with E-state index in [1.165, 1.54) is 32.1 Å². The number of unbranched alkanes of at least 4 members (excludes halogenated alkanes) is 5. The van der Waals surface area contributed by atoms with Crippen LogP contribution in [0.25, 0.3) is 0 Å². The highest BCUT2D eigenvalue weighted by atomic mass is 16.5. The minimum absolute atomic E-state index is 0.565. The molecule has 0 aliphatic rings. The van der Waals surface area contributed by atoms with Gasteiger partial charge < -0.3 is 9.47 Å². The topological polar surface area (TPSA) is 35.5 Å². The summed E-state index contributed by atoms with van der Waals surface area (Å²) in [7, 11) is 0. The van der Waals surface area contributed by atoms with E-state index in [2.05, 4.69) is 6.92 Å². The fraction of sp³-hybridized carbons (Fsp3) is 0.588. The van der Waals surface area contributed by atoms with Crippen LogP contribution >= 0.6 is 0 Å². The van der Waals surface area contributed by atoms with Crippen LogP contribution in [0.4, 0.5) is 0 Å². The third kappa shape index (κ3) is 6.09. The predicted molar refractivity (Wildman–Crippen MR) is 81.9 cm³/mol. The molecule has 0 saturated heterocycles. The Balaban J connectivity index is 2.36. The molecule has 3 heteroatoms. The third-order valence-electron chi connectivity index (χ3n) is 3.16. The smallest absolute Gasteiger partial charge is 0.161 e. The summed E-state index contributed by atoms with van der Waals surface area (Å²) in [5, 5.41) is 0. The lowest BCUT2D eigenvalue weighted by Crippen LogP contribution is -2.01. The van der Waals surface area contributed by atoms with Gasteiger partial charge in [-0.3, -0.25) is 4.79 Å². The van der Waals surface area contributed by atoms with Crippen LogP contribution in [0.1, 0.15) is 62.7 Å². The van der Waals surface area contributed by atoms with Gasteiger partial charge in [-0.05, 0) is 31.5 Å². The molecule has 112 valence electrons. The minimum atomic E-state index is 0.565. The molecule has 0 amide bonds. The number of aldehydes is 1. The van der Waals surface area contributed by atoms with Crippen molar-refractivity contribution in [3.63, 3.8) is 0 Å². The molecule has 0 aliphatic heterocycles. The van der Waals surface area contributed by atoms with Gasteiger partial charge in [0.2, 0.25) is 0 Å². The first-order valence-electron chi connectivity index (χ1n) is 7.66. The van der Waals surface area contributed by atoms with E-state index in [9.17, 15) is 4.79 Å². The summed E-state index contributed by atoms with van der Waals surface area (Å²) >= 11 is 0. The molecule has 0 unspecified atom stereocenters. The Morgan fingerprint density at radius 2 is 1.70 bits per heavy atom. The zero-order valence-electron chi connectivity index (χ0n) is 12.7. The van der Waals surface area contributed by atoms with Crippen LogP contribution in [0, 0.1) is 0 Å². The fourth-order valence-electron chi connectivity index (χ4n) is 2.05. The molecule has 0 aromatic heterocycles. The van der Waals surface area contributed by atoms with E-state index in [1.54, 1.807) is 12.1 Å². The Kier molecular flexibility index (Phi) is 8.52. The van der Waals surface area contributed by atoms with E-state index >= 15 is 0 Å². The van der Waals surface area contributed by atoms with Crippen LogP contribution in [-0.4, -0.2) is 19.5 Å². The number of ether oxygens (including phenoxy) is 2. The molecule has 0 bridgehead atoms. The molecule has 0 N–H and O–H groups in total. The van der Waals surface area contributed by atoms with Crippen LogP contribution in [0.5, 0.6) is 11.5 Å². The number of hydrogen-bond donors (Lipinski definition) is 0. The molecule has 0 fully saturated rings. The van der Waals surface area contributed by atoms with Gasteiger partial charge in [0.25, 0.3) is 0 Å². The summed E-state index contributed by atoms with van der Waals surface area (Å²) in [6.07, 6.45) is 8.27. The monoisotopic (exact) mass is 278 g/mol. The first-order chi connectivity index (χ1) is 9.81. The van der Waals surface area contributed by atoms with E-state index in [0.29, 0.717) is 24.5 Å². The highest BCUT2D eigenvalue weighted by Gasteiger charge is 2.06. The van der Waals surface area contributed by atoms with Crippen molar-refractivity contribution in [2.24, 2.45) is 0 Å². The normalized spacial score (nSPS) is 10.3. The van der Waals surface area contributed by atoms with E-state index in [0.717, 1.165) is 18.5 Å². The van der Waals surface area contributed by atoms with E-state index < -0.39 is 0 Å². The Morgan fingerprint density at radius 3 is 2.40 bits per heavy atom. The lowest BCUT2D eigenvalue weighted by Gasteiger charge is -2.12. The molecule has 1 rings (SSSR count). The van der Waals surface area contributed by atoms with Crippen molar-refractivity contribution < 1.29 is 14.3 Å². The summed E-state index contributed by atoms with van der Waals surface area (Å²) in [5.41, 5.74) is 0.611. The molecule has 20 heavy (non-hydrogen) atoms. The first kappa shape index (κ1) is 16.5. The van der Waals surface area contributed by atoms with E-state index in [1.807, 2.05) is 13.0 Å². The molecule has 0 atom stereocenters. The van der Waals surface area contributed by atoms with Crippen LogP contribution in [0.15, 0.2) is 18.2 Å². The molecule has 0 saturated carbocycles. The SMILES string of the molecule is CCCCCCCCOc1ccc(C=O)cc1OCC. The average molecular weight is 278 g/mol. The van der Waals surface area contributed by atoms with Crippen LogP contribution in [-0.2, 0) is 0 Å². The van der Waals surface area contributed by atoms with Gasteiger partial charge in [0.1, 0.15) is 6.29 Å². The van der Waals surface area contributed by atoms with Crippen LogP contribution in [0.3, 0.4) is 0 Å². The molecular weight excluding hydrogens is 252 g/mol. The maximum atomic E-state index is 10.8. The Morgan fingerprint density at radius 1 is 0.950 bits per heavy atom. The van der Waals surface area contributed by atoms with Gasteiger partial charge >= 0.3 is 0 Å². The Hall–Kier alpha value is -1.51. The lowest BCUT2D eigenvalue weighted by atomic mass is 10.1. The van der Waals surface area contributed by atoms with E-state index in [-0.39, 0.29) is 0 Å². The van der Waals surface area contributed by atoms with Gasteiger partial charge in [-0.1, -0.05) is 39.0 Å². The van der Waals surface area contributed by atoms with Gasteiger partial charge in [0, 0.05) is 5.56 Å². The molecule has 1 aromatic carbocycles. The quantitative estimate of drug-likeness (QED) is 0.437. The van der Waals surface area contributed by atoms with Gasteiger partial charge in [-0.2, -0.15) is 0 Å². The van der Waals surface area contributed by atoms with Crippen LogP contribution < -0.4 is 9.47 Å². The molecule has 0 spiro atoms.